The molecular formula is C13H20N4O2S. The summed E-state index contributed by atoms with van der Waals surface area (Å²) in [5.74, 6) is -0.109. The van der Waals surface area contributed by atoms with Gasteiger partial charge in [0, 0.05) is 12.4 Å². The van der Waals surface area contributed by atoms with Crippen molar-refractivity contribution in [3.63, 3.8) is 0 Å². The summed E-state index contributed by atoms with van der Waals surface area (Å²) in [4.78, 5) is 18.9. The first-order chi connectivity index (χ1) is 9.78. The van der Waals surface area contributed by atoms with Crippen molar-refractivity contribution in [2.24, 2.45) is 0 Å². The van der Waals surface area contributed by atoms with Crippen LogP contribution in [0.1, 0.15) is 23.3 Å². The van der Waals surface area contributed by atoms with Gasteiger partial charge in [0.1, 0.15) is 5.69 Å². The zero-order chi connectivity index (χ0) is 13.9. The Bertz CT molecular complexity index is 473. The van der Waals surface area contributed by atoms with Gasteiger partial charge in [0.05, 0.1) is 25.3 Å². The quantitative estimate of drug-likeness (QED) is 0.859. The van der Waals surface area contributed by atoms with E-state index in [2.05, 4.69) is 20.5 Å². The van der Waals surface area contributed by atoms with Crippen molar-refractivity contribution in [1.29, 1.82) is 0 Å². The van der Waals surface area contributed by atoms with E-state index in [9.17, 15) is 4.79 Å². The molecule has 2 aliphatic rings. The van der Waals surface area contributed by atoms with E-state index < -0.39 is 0 Å². The maximum Gasteiger partial charge on any atom is 0.271 e. The first kappa shape index (κ1) is 13.8. The number of carbonyl (C=O) groups is 1. The third kappa shape index (κ3) is 2.79. The fourth-order valence-electron chi connectivity index (χ4n) is 2.85. The molecule has 0 saturated carbocycles. The van der Waals surface area contributed by atoms with Gasteiger partial charge in [0.2, 0.25) is 0 Å². The van der Waals surface area contributed by atoms with E-state index in [4.69, 9.17) is 4.74 Å². The molecule has 0 spiro atoms. The Morgan fingerprint density at radius 1 is 1.45 bits per heavy atom. The standard InChI is InChI=1S/C13H20N4O2S/c1-14-13-16-10(8-20-13)12(18)15-9-6-19-7-11(9)17-4-2-3-5-17/h8-9,11H,2-7H2,1H3,(H,14,16)(H,15,18)/t9-,11-/m0/s1. The number of hydrogen-bond donors (Lipinski definition) is 2. The maximum absolute atomic E-state index is 12.2. The second-order valence-electron chi connectivity index (χ2n) is 5.22. The van der Waals surface area contributed by atoms with Gasteiger partial charge in [-0.05, 0) is 25.9 Å². The molecule has 0 aromatic carbocycles. The van der Waals surface area contributed by atoms with Crippen LogP contribution in [0.25, 0.3) is 0 Å². The molecule has 2 fully saturated rings. The van der Waals surface area contributed by atoms with Crippen LogP contribution in [-0.2, 0) is 4.74 Å². The number of rotatable bonds is 4. The summed E-state index contributed by atoms with van der Waals surface area (Å²) >= 11 is 1.44. The molecule has 110 valence electrons. The minimum Gasteiger partial charge on any atom is -0.378 e. The van der Waals surface area contributed by atoms with Crippen LogP contribution < -0.4 is 10.6 Å². The molecule has 20 heavy (non-hydrogen) atoms. The molecule has 1 aromatic rings. The van der Waals surface area contributed by atoms with Gasteiger partial charge in [-0.1, -0.05) is 0 Å². The average molecular weight is 296 g/mol. The van der Waals surface area contributed by atoms with Crippen molar-refractivity contribution < 1.29 is 9.53 Å². The van der Waals surface area contributed by atoms with Crippen molar-refractivity contribution in [1.82, 2.24) is 15.2 Å². The lowest BCUT2D eigenvalue weighted by Crippen LogP contribution is -2.50. The minimum atomic E-state index is -0.109. The predicted molar refractivity (Wildman–Crippen MR) is 78.3 cm³/mol. The number of nitrogens with zero attached hydrogens (tertiary/aromatic N) is 2. The smallest absolute Gasteiger partial charge is 0.271 e. The highest BCUT2D eigenvalue weighted by Gasteiger charge is 2.35. The van der Waals surface area contributed by atoms with E-state index in [1.54, 1.807) is 12.4 Å². The third-order valence-electron chi connectivity index (χ3n) is 3.93. The van der Waals surface area contributed by atoms with Crippen LogP contribution in [0.3, 0.4) is 0 Å². The third-order valence-corrected chi connectivity index (χ3v) is 4.79. The van der Waals surface area contributed by atoms with Crippen molar-refractivity contribution in [3.05, 3.63) is 11.1 Å². The highest BCUT2D eigenvalue weighted by atomic mass is 32.1. The highest BCUT2D eigenvalue weighted by molar-refractivity contribution is 7.13. The Kier molecular flexibility index (Phi) is 4.18. The second-order valence-corrected chi connectivity index (χ2v) is 6.07. The average Bonchev–Trinajstić information content (AvgIpc) is 3.19. The van der Waals surface area contributed by atoms with Crippen molar-refractivity contribution in [3.8, 4) is 0 Å². The Labute approximate surface area is 122 Å². The van der Waals surface area contributed by atoms with Gasteiger partial charge >= 0.3 is 0 Å². The van der Waals surface area contributed by atoms with Gasteiger partial charge in [-0.3, -0.25) is 9.69 Å². The number of ether oxygens (including phenoxy) is 1. The lowest BCUT2D eigenvalue weighted by atomic mass is 10.1. The van der Waals surface area contributed by atoms with Gasteiger partial charge in [-0.2, -0.15) is 0 Å². The molecule has 3 rings (SSSR count). The zero-order valence-electron chi connectivity index (χ0n) is 11.6. The van der Waals surface area contributed by atoms with Crippen molar-refractivity contribution in [2.75, 3.05) is 38.7 Å². The van der Waals surface area contributed by atoms with E-state index in [-0.39, 0.29) is 11.9 Å². The summed E-state index contributed by atoms with van der Waals surface area (Å²) in [6.07, 6.45) is 2.49. The number of nitrogens with one attached hydrogen (secondary N) is 2. The van der Waals surface area contributed by atoms with E-state index in [0.29, 0.717) is 24.9 Å². The Morgan fingerprint density at radius 2 is 2.25 bits per heavy atom. The molecule has 0 radical (unpaired) electrons. The molecule has 2 atom stereocenters. The van der Waals surface area contributed by atoms with Gasteiger partial charge in [0.25, 0.3) is 5.91 Å². The van der Waals surface area contributed by atoms with Crippen LogP contribution >= 0.6 is 11.3 Å². The maximum atomic E-state index is 12.2. The van der Waals surface area contributed by atoms with Crippen LogP contribution in [0, 0.1) is 0 Å². The van der Waals surface area contributed by atoms with Crippen molar-refractivity contribution in [2.45, 2.75) is 24.9 Å². The van der Waals surface area contributed by atoms with Gasteiger partial charge in [-0.15, -0.1) is 11.3 Å². The van der Waals surface area contributed by atoms with Gasteiger partial charge in [-0.25, -0.2) is 4.98 Å². The van der Waals surface area contributed by atoms with E-state index in [1.165, 1.54) is 24.2 Å². The van der Waals surface area contributed by atoms with Crippen LogP contribution in [0.5, 0.6) is 0 Å². The fourth-order valence-corrected chi connectivity index (χ4v) is 3.50. The van der Waals surface area contributed by atoms with Crippen molar-refractivity contribution >= 4 is 22.4 Å². The topological polar surface area (TPSA) is 66.5 Å². The monoisotopic (exact) mass is 296 g/mol. The number of thiazole rings is 1. The molecule has 7 heteroatoms. The minimum absolute atomic E-state index is 0.0698. The zero-order valence-corrected chi connectivity index (χ0v) is 12.4. The second kappa shape index (κ2) is 6.07. The number of hydrogen-bond acceptors (Lipinski definition) is 6. The molecule has 1 aromatic heterocycles. The Balaban J connectivity index is 1.62. The predicted octanol–water partition coefficient (Wildman–Crippen LogP) is 0.778. The normalized spacial score (nSPS) is 26.9. The van der Waals surface area contributed by atoms with Gasteiger partial charge < -0.3 is 15.4 Å². The number of anilines is 1. The summed E-state index contributed by atoms with van der Waals surface area (Å²) in [7, 11) is 1.80. The largest absolute Gasteiger partial charge is 0.378 e. The molecular weight excluding hydrogens is 276 g/mol. The Morgan fingerprint density at radius 3 is 2.95 bits per heavy atom. The molecule has 0 unspecified atom stereocenters. The molecule has 3 heterocycles. The first-order valence-electron chi connectivity index (χ1n) is 7.04. The number of likely N-dealkylation sites (tertiary alicyclic amines) is 1. The van der Waals surface area contributed by atoms with Crippen LogP contribution in [0.15, 0.2) is 5.38 Å². The Hall–Kier alpha value is -1.18. The summed E-state index contributed by atoms with van der Waals surface area (Å²) in [6, 6.07) is 0.379. The molecule has 2 saturated heterocycles. The molecule has 2 N–H and O–H groups in total. The van der Waals surface area contributed by atoms with E-state index in [1.807, 2.05) is 0 Å². The van der Waals surface area contributed by atoms with Crippen LogP contribution in [0.2, 0.25) is 0 Å². The van der Waals surface area contributed by atoms with E-state index in [0.717, 1.165) is 18.2 Å². The molecule has 0 aliphatic carbocycles. The molecule has 6 nitrogen and oxygen atoms in total. The SMILES string of the molecule is CNc1nc(C(=O)N[C@H]2COC[C@@H]2N2CCCC2)cs1. The van der Waals surface area contributed by atoms with Gasteiger partial charge in [0.15, 0.2) is 5.13 Å². The van der Waals surface area contributed by atoms with Crippen LogP contribution in [0.4, 0.5) is 5.13 Å². The van der Waals surface area contributed by atoms with E-state index >= 15 is 0 Å². The lowest BCUT2D eigenvalue weighted by Gasteiger charge is -2.27. The van der Waals surface area contributed by atoms with Crippen LogP contribution in [-0.4, -0.2) is 61.2 Å². The summed E-state index contributed by atoms with van der Waals surface area (Å²) in [5.41, 5.74) is 0.478. The molecule has 1 amide bonds. The first-order valence-corrected chi connectivity index (χ1v) is 7.92. The molecule has 0 bridgehead atoms. The summed E-state index contributed by atoms with van der Waals surface area (Å²) in [6.45, 7) is 3.53. The summed E-state index contributed by atoms with van der Waals surface area (Å²) in [5, 5.41) is 8.55. The summed E-state index contributed by atoms with van der Waals surface area (Å²) < 4.78 is 5.56. The number of aromatic nitrogens is 1. The molecule has 2 aliphatic heterocycles. The fraction of sp³-hybridized carbons (Fsp3) is 0.692. The number of amides is 1. The lowest BCUT2D eigenvalue weighted by molar-refractivity contribution is 0.0912. The number of carbonyl (C=O) groups excluding carboxylic acids is 1. The highest BCUT2D eigenvalue weighted by Crippen LogP contribution is 2.20.